The summed E-state index contributed by atoms with van der Waals surface area (Å²) in [4.78, 5) is 1.36. The Morgan fingerprint density at radius 2 is 2.15 bits per heavy atom. The number of hydrogen-bond donors (Lipinski definition) is 0. The minimum absolute atomic E-state index is 0.845. The van der Waals surface area contributed by atoms with Crippen molar-refractivity contribution in [2.75, 3.05) is 5.75 Å². The first-order chi connectivity index (χ1) is 6.24. The van der Waals surface area contributed by atoms with Crippen LogP contribution in [0.3, 0.4) is 0 Å². The molecule has 1 heteroatoms. The Hall–Kier alpha value is -0.870. The SMILES string of the molecule is C#CCCSc1cc(C)ccc1C. The third-order valence-corrected chi connectivity index (χ3v) is 3.01. The van der Waals surface area contributed by atoms with Crippen LogP contribution in [0.4, 0.5) is 0 Å². The van der Waals surface area contributed by atoms with E-state index in [1.165, 1.54) is 16.0 Å². The molecule has 0 amide bonds. The van der Waals surface area contributed by atoms with E-state index in [4.69, 9.17) is 6.42 Å². The summed E-state index contributed by atoms with van der Waals surface area (Å²) in [5, 5.41) is 0. The topological polar surface area (TPSA) is 0 Å². The second-order valence-electron chi connectivity index (χ2n) is 3.07. The van der Waals surface area contributed by atoms with Crippen LogP contribution in [0.25, 0.3) is 0 Å². The molecule has 0 aliphatic heterocycles. The molecule has 0 radical (unpaired) electrons. The molecule has 0 saturated heterocycles. The Kier molecular flexibility index (Phi) is 3.92. The highest BCUT2D eigenvalue weighted by Gasteiger charge is 1.98. The van der Waals surface area contributed by atoms with Crippen molar-refractivity contribution in [2.45, 2.75) is 25.2 Å². The Balaban J connectivity index is 2.65. The lowest BCUT2D eigenvalue weighted by molar-refractivity contribution is 1.24. The van der Waals surface area contributed by atoms with Crippen molar-refractivity contribution < 1.29 is 0 Å². The monoisotopic (exact) mass is 190 g/mol. The van der Waals surface area contributed by atoms with Gasteiger partial charge in [-0.05, 0) is 25.5 Å². The predicted molar refractivity (Wildman–Crippen MR) is 60.1 cm³/mol. The lowest BCUT2D eigenvalue weighted by atomic mass is 10.2. The van der Waals surface area contributed by atoms with Gasteiger partial charge in [0.15, 0.2) is 0 Å². The molecule has 0 bridgehead atoms. The molecule has 0 heterocycles. The van der Waals surface area contributed by atoms with E-state index in [9.17, 15) is 0 Å². The fourth-order valence-electron chi connectivity index (χ4n) is 1.08. The first-order valence-electron chi connectivity index (χ1n) is 4.37. The fraction of sp³-hybridized carbons (Fsp3) is 0.333. The summed E-state index contributed by atoms with van der Waals surface area (Å²) in [5.41, 5.74) is 2.65. The Bertz CT molecular complexity index is 320. The normalized spacial score (nSPS) is 9.62. The highest BCUT2D eigenvalue weighted by molar-refractivity contribution is 7.99. The van der Waals surface area contributed by atoms with Crippen molar-refractivity contribution in [2.24, 2.45) is 0 Å². The molecule has 0 nitrogen and oxygen atoms in total. The van der Waals surface area contributed by atoms with Crippen LogP contribution in [0.1, 0.15) is 17.5 Å². The average Bonchev–Trinajstić information content (AvgIpc) is 2.11. The van der Waals surface area contributed by atoms with Gasteiger partial charge in [-0.25, -0.2) is 0 Å². The van der Waals surface area contributed by atoms with Crippen LogP contribution in [0.5, 0.6) is 0 Å². The van der Waals surface area contributed by atoms with Crippen molar-refractivity contribution in [3.8, 4) is 12.3 Å². The van der Waals surface area contributed by atoms with Crippen LogP contribution in [-0.2, 0) is 0 Å². The molecule has 1 aromatic rings. The van der Waals surface area contributed by atoms with Gasteiger partial charge in [-0.2, -0.15) is 0 Å². The maximum Gasteiger partial charge on any atom is 0.0180 e. The molecule has 0 spiro atoms. The molecule has 0 aliphatic rings. The molecule has 0 unspecified atom stereocenters. The largest absolute Gasteiger partial charge is 0.125 e. The van der Waals surface area contributed by atoms with E-state index in [0.717, 1.165) is 12.2 Å². The van der Waals surface area contributed by atoms with Crippen LogP contribution >= 0.6 is 11.8 Å². The van der Waals surface area contributed by atoms with Gasteiger partial charge < -0.3 is 0 Å². The Morgan fingerprint density at radius 3 is 2.85 bits per heavy atom. The summed E-state index contributed by atoms with van der Waals surface area (Å²) in [7, 11) is 0. The van der Waals surface area contributed by atoms with Crippen molar-refractivity contribution in [1.29, 1.82) is 0 Å². The van der Waals surface area contributed by atoms with Gasteiger partial charge in [0.05, 0.1) is 0 Å². The minimum Gasteiger partial charge on any atom is -0.125 e. The molecule has 68 valence electrons. The number of aryl methyl sites for hydroxylation is 2. The number of rotatable bonds is 3. The lowest BCUT2D eigenvalue weighted by Gasteiger charge is -2.04. The van der Waals surface area contributed by atoms with E-state index < -0.39 is 0 Å². The number of benzene rings is 1. The first kappa shape index (κ1) is 10.2. The van der Waals surface area contributed by atoms with E-state index in [2.05, 4.69) is 38.0 Å². The molecule has 0 fully saturated rings. The number of hydrogen-bond acceptors (Lipinski definition) is 1. The zero-order valence-corrected chi connectivity index (χ0v) is 8.95. The van der Waals surface area contributed by atoms with Crippen LogP contribution < -0.4 is 0 Å². The van der Waals surface area contributed by atoms with E-state index in [-0.39, 0.29) is 0 Å². The van der Waals surface area contributed by atoms with Crippen molar-refractivity contribution in [3.05, 3.63) is 29.3 Å². The highest BCUT2D eigenvalue weighted by atomic mass is 32.2. The molecule has 0 aliphatic carbocycles. The summed E-state index contributed by atoms with van der Waals surface area (Å²) >= 11 is 1.84. The maximum atomic E-state index is 5.20. The Morgan fingerprint density at radius 1 is 1.38 bits per heavy atom. The summed E-state index contributed by atoms with van der Waals surface area (Å²) in [6, 6.07) is 6.52. The molecule has 1 rings (SSSR count). The van der Waals surface area contributed by atoms with Crippen molar-refractivity contribution in [3.63, 3.8) is 0 Å². The summed E-state index contributed by atoms with van der Waals surface area (Å²) < 4.78 is 0. The standard InChI is InChI=1S/C12H14S/c1-4-5-8-13-12-9-10(2)6-7-11(12)3/h1,6-7,9H,5,8H2,2-3H3. The molecule has 0 aromatic heterocycles. The highest BCUT2D eigenvalue weighted by Crippen LogP contribution is 2.23. The quantitative estimate of drug-likeness (QED) is 0.400. The molecule has 13 heavy (non-hydrogen) atoms. The maximum absolute atomic E-state index is 5.20. The molecule has 1 aromatic carbocycles. The van der Waals surface area contributed by atoms with E-state index in [1.54, 1.807) is 0 Å². The third-order valence-electron chi connectivity index (χ3n) is 1.85. The summed E-state index contributed by atoms with van der Waals surface area (Å²) in [6.45, 7) is 4.25. The van der Waals surface area contributed by atoms with Crippen LogP contribution in [-0.4, -0.2) is 5.75 Å². The van der Waals surface area contributed by atoms with E-state index in [1.807, 2.05) is 11.8 Å². The lowest BCUT2D eigenvalue weighted by Crippen LogP contribution is -1.83. The molecule has 0 saturated carbocycles. The van der Waals surface area contributed by atoms with E-state index >= 15 is 0 Å². The molecule has 0 atom stereocenters. The van der Waals surface area contributed by atoms with Crippen molar-refractivity contribution >= 4 is 11.8 Å². The van der Waals surface area contributed by atoms with Gasteiger partial charge in [-0.15, -0.1) is 24.1 Å². The zero-order chi connectivity index (χ0) is 9.68. The summed E-state index contributed by atoms with van der Waals surface area (Å²) in [6.07, 6.45) is 6.04. The van der Waals surface area contributed by atoms with Gasteiger partial charge >= 0.3 is 0 Å². The minimum atomic E-state index is 0.845. The predicted octanol–water partition coefficient (Wildman–Crippen LogP) is 3.42. The zero-order valence-electron chi connectivity index (χ0n) is 8.13. The van der Waals surface area contributed by atoms with E-state index in [0.29, 0.717) is 0 Å². The molecule has 0 N–H and O–H groups in total. The van der Waals surface area contributed by atoms with Crippen LogP contribution in [0.2, 0.25) is 0 Å². The molecular weight excluding hydrogens is 176 g/mol. The van der Waals surface area contributed by atoms with Gasteiger partial charge in [-0.1, -0.05) is 17.7 Å². The van der Waals surface area contributed by atoms with Gasteiger partial charge in [-0.3, -0.25) is 0 Å². The van der Waals surface area contributed by atoms with Gasteiger partial charge in [0.1, 0.15) is 0 Å². The van der Waals surface area contributed by atoms with Crippen LogP contribution in [0, 0.1) is 26.2 Å². The summed E-state index contributed by atoms with van der Waals surface area (Å²) in [5.74, 6) is 3.67. The number of terminal acetylenes is 1. The van der Waals surface area contributed by atoms with Crippen LogP contribution in [0.15, 0.2) is 23.1 Å². The second-order valence-corrected chi connectivity index (χ2v) is 4.21. The van der Waals surface area contributed by atoms with Gasteiger partial charge in [0.2, 0.25) is 0 Å². The third kappa shape index (κ3) is 3.16. The smallest absolute Gasteiger partial charge is 0.0180 e. The van der Waals surface area contributed by atoms with Crippen molar-refractivity contribution in [1.82, 2.24) is 0 Å². The molecular formula is C12H14S. The second kappa shape index (κ2) is 4.99. The first-order valence-corrected chi connectivity index (χ1v) is 5.36. The number of thioether (sulfide) groups is 1. The fourth-order valence-corrected chi connectivity index (χ4v) is 2.09. The van der Waals surface area contributed by atoms with Gasteiger partial charge in [0, 0.05) is 17.1 Å². The van der Waals surface area contributed by atoms with Gasteiger partial charge in [0.25, 0.3) is 0 Å². The average molecular weight is 190 g/mol. The Labute approximate surface area is 84.7 Å².